The molecule has 0 saturated heterocycles. The molecule has 0 saturated carbocycles. The number of aryl methyl sites for hydroxylation is 1. The van der Waals surface area contributed by atoms with E-state index in [0.29, 0.717) is 16.2 Å². The second kappa shape index (κ2) is 4.76. The van der Waals surface area contributed by atoms with Crippen LogP contribution in [0.3, 0.4) is 0 Å². The summed E-state index contributed by atoms with van der Waals surface area (Å²) in [4.78, 5) is 0. The zero-order valence-electron chi connectivity index (χ0n) is 9.33. The van der Waals surface area contributed by atoms with Gasteiger partial charge in [0, 0.05) is 13.1 Å². The van der Waals surface area contributed by atoms with Gasteiger partial charge in [0.15, 0.2) is 4.60 Å². The van der Waals surface area contributed by atoms with Crippen LogP contribution in [0, 0.1) is 0 Å². The first-order valence-corrected chi connectivity index (χ1v) is 5.61. The largest absolute Gasteiger partial charge is 0.480 e. The van der Waals surface area contributed by atoms with E-state index in [-0.39, 0.29) is 0 Å². The standard InChI is InChI=1S/C9H11BrN6O/c1-16-8(9(10)14-15-16)7(11)5-3-4-6(17-2)13-12-5/h3-4,7H,11H2,1-2H3. The van der Waals surface area contributed by atoms with E-state index in [1.807, 2.05) is 0 Å². The summed E-state index contributed by atoms with van der Waals surface area (Å²) in [7, 11) is 3.30. The molecule has 2 heterocycles. The van der Waals surface area contributed by atoms with Crippen molar-refractivity contribution >= 4 is 15.9 Å². The lowest BCUT2D eigenvalue weighted by molar-refractivity contribution is 0.390. The third kappa shape index (κ3) is 2.27. The predicted octanol–water partition coefficient (Wildman–Crippen LogP) is 0.424. The maximum absolute atomic E-state index is 6.08. The van der Waals surface area contributed by atoms with Gasteiger partial charge in [-0.25, -0.2) is 4.68 Å². The first-order valence-electron chi connectivity index (χ1n) is 4.81. The van der Waals surface area contributed by atoms with Crippen molar-refractivity contribution in [3.8, 4) is 5.88 Å². The van der Waals surface area contributed by atoms with Crippen LogP contribution in [0.25, 0.3) is 0 Å². The zero-order valence-corrected chi connectivity index (χ0v) is 10.9. The quantitative estimate of drug-likeness (QED) is 0.883. The minimum absolute atomic E-state index is 0.442. The molecular formula is C9H11BrN6O. The Kier molecular flexibility index (Phi) is 3.34. The van der Waals surface area contributed by atoms with E-state index in [4.69, 9.17) is 10.5 Å². The van der Waals surface area contributed by atoms with Crippen molar-refractivity contribution in [2.45, 2.75) is 6.04 Å². The highest BCUT2D eigenvalue weighted by Crippen LogP contribution is 2.23. The van der Waals surface area contributed by atoms with E-state index in [0.717, 1.165) is 5.69 Å². The summed E-state index contributed by atoms with van der Waals surface area (Å²) >= 11 is 3.30. The SMILES string of the molecule is COc1ccc(C(N)c2c(Br)nnn2C)nn1. The fourth-order valence-electron chi connectivity index (χ4n) is 1.41. The van der Waals surface area contributed by atoms with Crippen LogP contribution in [0.2, 0.25) is 0 Å². The van der Waals surface area contributed by atoms with Crippen LogP contribution in [0.4, 0.5) is 0 Å². The van der Waals surface area contributed by atoms with Crippen molar-refractivity contribution in [3.05, 3.63) is 28.1 Å². The molecule has 2 N–H and O–H groups in total. The van der Waals surface area contributed by atoms with Gasteiger partial charge in [-0.1, -0.05) is 5.21 Å². The van der Waals surface area contributed by atoms with Crippen LogP contribution in [0.15, 0.2) is 16.7 Å². The van der Waals surface area contributed by atoms with Crippen molar-refractivity contribution in [1.29, 1.82) is 0 Å². The molecule has 0 aliphatic rings. The lowest BCUT2D eigenvalue weighted by Crippen LogP contribution is -2.18. The van der Waals surface area contributed by atoms with Crippen LogP contribution in [0.1, 0.15) is 17.4 Å². The number of nitrogens with two attached hydrogens (primary N) is 1. The Morgan fingerprint density at radius 1 is 1.35 bits per heavy atom. The van der Waals surface area contributed by atoms with Gasteiger partial charge in [0.25, 0.3) is 0 Å². The Morgan fingerprint density at radius 2 is 2.12 bits per heavy atom. The number of halogens is 1. The van der Waals surface area contributed by atoms with E-state index < -0.39 is 6.04 Å². The molecule has 8 heteroatoms. The molecule has 0 aliphatic carbocycles. The molecule has 17 heavy (non-hydrogen) atoms. The van der Waals surface area contributed by atoms with Crippen LogP contribution in [-0.2, 0) is 7.05 Å². The first-order chi connectivity index (χ1) is 8.13. The number of hydrogen-bond acceptors (Lipinski definition) is 6. The maximum Gasteiger partial charge on any atom is 0.233 e. The van der Waals surface area contributed by atoms with Gasteiger partial charge < -0.3 is 10.5 Å². The Bertz CT molecular complexity index is 491. The minimum atomic E-state index is -0.442. The molecule has 0 spiro atoms. The highest BCUT2D eigenvalue weighted by Gasteiger charge is 2.19. The zero-order chi connectivity index (χ0) is 12.4. The number of nitrogens with zero attached hydrogens (tertiary/aromatic N) is 5. The number of hydrogen-bond donors (Lipinski definition) is 1. The Labute approximate surface area is 106 Å². The third-order valence-electron chi connectivity index (χ3n) is 2.31. The molecule has 2 rings (SSSR count). The van der Waals surface area contributed by atoms with Gasteiger partial charge in [-0.3, -0.25) is 0 Å². The Hall–Kier alpha value is -1.54. The van der Waals surface area contributed by atoms with Crippen molar-refractivity contribution in [2.24, 2.45) is 12.8 Å². The highest BCUT2D eigenvalue weighted by atomic mass is 79.9. The monoisotopic (exact) mass is 298 g/mol. The van der Waals surface area contributed by atoms with E-state index in [2.05, 4.69) is 36.4 Å². The summed E-state index contributed by atoms with van der Waals surface area (Å²) in [5.41, 5.74) is 7.44. The fraction of sp³-hybridized carbons (Fsp3) is 0.333. The lowest BCUT2D eigenvalue weighted by atomic mass is 10.1. The lowest BCUT2D eigenvalue weighted by Gasteiger charge is -2.10. The molecule has 2 aromatic heterocycles. The van der Waals surface area contributed by atoms with Gasteiger partial charge in [0.2, 0.25) is 5.88 Å². The van der Waals surface area contributed by atoms with Gasteiger partial charge in [0.1, 0.15) is 0 Å². The van der Waals surface area contributed by atoms with E-state index in [1.165, 1.54) is 7.11 Å². The third-order valence-corrected chi connectivity index (χ3v) is 2.87. The van der Waals surface area contributed by atoms with Gasteiger partial charge in [-0.2, -0.15) is 0 Å². The summed E-state index contributed by atoms with van der Waals surface area (Å²) in [5.74, 6) is 0.447. The van der Waals surface area contributed by atoms with E-state index >= 15 is 0 Å². The summed E-state index contributed by atoms with van der Waals surface area (Å²) in [6.45, 7) is 0. The van der Waals surface area contributed by atoms with Crippen LogP contribution >= 0.6 is 15.9 Å². The Morgan fingerprint density at radius 3 is 2.59 bits per heavy atom. The summed E-state index contributed by atoms with van der Waals surface area (Å²) in [6, 6.07) is 3.03. The van der Waals surface area contributed by atoms with Gasteiger partial charge in [-0.05, 0) is 22.0 Å². The molecule has 90 valence electrons. The summed E-state index contributed by atoms with van der Waals surface area (Å²) in [5, 5.41) is 15.6. The maximum atomic E-state index is 6.08. The topological polar surface area (TPSA) is 91.7 Å². The molecule has 1 atom stereocenters. The molecule has 0 fully saturated rings. The predicted molar refractivity (Wildman–Crippen MR) is 63.3 cm³/mol. The van der Waals surface area contributed by atoms with Crippen LogP contribution in [-0.4, -0.2) is 32.3 Å². The Balaban J connectivity index is 2.33. The van der Waals surface area contributed by atoms with Crippen molar-refractivity contribution in [3.63, 3.8) is 0 Å². The highest BCUT2D eigenvalue weighted by molar-refractivity contribution is 9.10. The average Bonchev–Trinajstić information content (AvgIpc) is 2.68. The second-order valence-corrected chi connectivity index (χ2v) is 4.12. The molecule has 0 aromatic carbocycles. The smallest absolute Gasteiger partial charge is 0.233 e. The van der Waals surface area contributed by atoms with Gasteiger partial charge >= 0.3 is 0 Å². The first kappa shape index (κ1) is 11.9. The number of methoxy groups -OCH3 is 1. The van der Waals surface area contributed by atoms with E-state index in [1.54, 1.807) is 23.9 Å². The van der Waals surface area contributed by atoms with Gasteiger partial charge in [-0.15, -0.1) is 15.3 Å². The number of aromatic nitrogens is 5. The molecule has 0 bridgehead atoms. The van der Waals surface area contributed by atoms with Crippen molar-refractivity contribution in [1.82, 2.24) is 25.2 Å². The van der Waals surface area contributed by atoms with Crippen LogP contribution in [0.5, 0.6) is 5.88 Å². The fourth-order valence-corrected chi connectivity index (χ4v) is 1.99. The summed E-state index contributed by atoms with van der Waals surface area (Å²) in [6.07, 6.45) is 0. The van der Waals surface area contributed by atoms with Crippen molar-refractivity contribution in [2.75, 3.05) is 7.11 Å². The normalized spacial score (nSPS) is 12.5. The van der Waals surface area contributed by atoms with Crippen LogP contribution < -0.4 is 10.5 Å². The molecule has 0 amide bonds. The molecule has 1 unspecified atom stereocenters. The molecule has 2 aromatic rings. The molecule has 0 radical (unpaired) electrons. The molecule has 0 aliphatic heterocycles. The number of rotatable bonds is 3. The minimum Gasteiger partial charge on any atom is -0.480 e. The van der Waals surface area contributed by atoms with Crippen molar-refractivity contribution < 1.29 is 4.74 Å². The molecule has 7 nitrogen and oxygen atoms in total. The summed E-state index contributed by atoms with van der Waals surface area (Å²) < 4.78 is 7.13. The van der Waals surface area contributed by atoms with E-state index in [9.17, 15) is 0 Å². The molecular weight excluding hydrogens is 288 g/mol. The second-order valence-electron chi connectivity index (χ2n) is 3.37. The average molecular weight is 299 g/mol. The van der Waals surface area contributed by atoms with Gasteiger partial charge in [0.05, 0.1) is 24.5 Å². The number of ether oxygens (including phenoxy) is 1.